The Bertz CT molecular complexity index is 947. The molecule has 0 bridgehead atoms. The highest BCUT2D eigenvalue weighted by atomic mass is 32.1. The first-order chi connectivity index (χ1) is 13.0. The molecule has 0 spiro atoms. The molecule has 2 heterocycles. The van der Waals surface area contributed by atoms with Gasteiger partial charge in [-0.25, -0.2) is 4.98 Å². The summed E-state index contributed by atoms with van der Waals surface area (Å²) in [6.45, 7) is 8.99. The molecule has 0 amide bonds. The summed E-state index contributed by atoms with van der Waals surface area (Å²) in [4.78, 5) is 20.0. The van der Waals surface area contributed by atoms with Gasteiger partial charge in [0.05, 0.1) is 12.3 Å². The summed E-state index contributed by atoms with van der Waals surface area (Å²) in [6, 6.07) is 10.1. The Morgan fingerprint density at radius 2 is 1.96 bits per heavy atom. The number of rotatable bonds is 8. The van der Waals surface area contributed by atoms with Crippen molar-refractivity contribution in [3.63, 3.8) is 0 Å². The molecule has 3 rings (SSSR count). The van der Waals surface area contributed by atoms with Gasteiger partial charge >= 0.3 is 0 Å². The number of hydrogen-bond donors (Lipinski definition) is 0. The number of ether oxygens (including phenoxy) is 1. The zero-order valence-electron chi connectivity index (χ0n) is 16.3. The van der Waals surface area contributed by atoms with Crippen LogP contribution in [0.4, 0.5) is 0 Å². The Morgan fingerprint density at radius 1 is 1.22 bits per heavy atom. The van der Waals surface area contributed by atoms with E-state index in [9.17, 15) is 4.79 Å². The van der Waals surface area contributed by atoms with Crippen LogP contribution in [0.5, 0.6) is 0 Å². The molecule has 0 aliphatic carbocycles. The summed E-state index contributed by atoms with van der Waals surface area (Å²) < 4.78 is 6.66. The fourth-order valence-corrected chi connectivity index (χ4v) is 3.73. The Hall–Kier alpha value is -2.09. The van der Waals surface area contributed by atoms with Crippen molar-refractivity contribution in [1.82, 2.24) is 19.5 Å². The molecule has 2 aromatic heterocycles. The Balaban J connectivity index is 1.83. The molecule has 144 valence electrons. The molecule has 0 unspecified atom stereocenters. The highest BCUT2D eigenvalue weighted by Gasteiger charge is 2.14. The van der Waals surface area contributed by atoms with Crippen molar-refractivity contribution in [3.8, 4) is 0 Å². The van der Waals surface area contributed by atoms with E-state index in [1.54, 1.807) is 13.2 Å². The van der Waals surface area contributed by atoms with Crippen molar-refractivity contribution < 1.29 is 4.74 Å². The summed E-state index contributed by atoms with van der Waals surface area (Å²) in [6.07, 6.45) is 0. The average Bonchev–Trinajstić information content (AvgIpc) is 3.07. The number of nitrogens with zero attached hydrogens (tertiary/aromatic N) is 4. The number of hydrogen-bond acceptors (Lipinski definition) is 6. The maximum Gasteiger partial charge on any atom is 0.275 e. The van der Waals surface area contributed by atoms with Gasteiger partial charge in [-0.05, 0) is 12.5 Å². The van der Waals surface area contributed by atoms with Crippen molar-refractivity contribution in [2.45, 2.75) is 39.8 Å². The second-order valence-electron chi connectivity index (χ2n) is 7.06. The van der Waals surface area contributed by atoms with Crippen molar-refractivity contribution in [2.75, 3.05) is 20.3 Å². The minimum absolute atomic E-state index is 0.125. The van der Waals surface area contributed by atoms with Crippen molar-refractivity contribution >= 4 is 16.3 Å². The quantitative estimate of drug-likeness (QED) is 0.595. The van der Waals surface area contributed by atoms with Crippen LogP contribution < -0.4 is 5.56 Å². The Kier molecular flexibility index (Phi) is 6.36. The molecule has 0 saturated carbocycles. The molecule has 0 aliphatic heterocycles. The van der Waals surface area contributed by atoms with Crippen LogP contribution in [0.25, 0.3) is 4.96 Å². The lowest BCUT2D eigenvalue weighted by atomic mass is 10.1. The predicted octanol–water partition coefficient (Wildman–Crippen LogP) is 3.23. The molecule has 27 heavy (non-hydrogen) atoms. The largest absolute Gasteiger partial charge is 0.383 e. The molecular weight excluding hydrogens is 360 g/mol. The van der Waals surface area contributed by atoms with Gasteiger partial charge in [0, 0.05) is 38.7 Å². The lowest BCUT2D eigenvalue weighted by Crippen LogP contribution is -2.28. The molecule has 0 N–H and O–H groups in total. The third-order valence-corrected chi connectivity index (χ3v) is 5.54. The maximum atomic E-state index is 12.5. The van der Waals surface area contributed by atoms with Crippen molar-refractivity contribution in [2.24, 2.45) is 0 Å². The average molecular weight is 387 g/mol. The van der Waals surface area contributed by atoms with Crippen LogP contribution in [0.1, 0.15) is 41.6 Å². The van der Waals surface area contributed by atoms with Gasteiger partial charge in [0.15, 0.2) is 0 Å². The maximum absolute atomic E-state index is 12.5. The van der Waals surface area contributed by atoms with Gasteiger partial charge in [0.1, 0.15) is 5.01 Å². The summed E-state index contributed by atoms with van der Waals surface area (Å²) in [5, 5.41) is 5.31. The van der Waals surface area contributed by atoms with Gasteiger partial charge in [-0.15, -0.1) is 0 Å². The van der Waals surface area contributed by atoms with E-state index in [0.29, 0.717) is 18.1 Å². The van der Waals surface area contributed by atoms with Crippen molar-refractivity contribution in [1.29, 1.82) is 0 Å². The van der Waals surface area contributed by atoms with Gasteiger partial charge in [0.25, 0.3) is 5.56 Å². The number of methoxy groups -OCH3 is 1. The van der Waals surface area contributed by atoms with E-state index in [0.717, 1.165) is 23.8 Å². The van der Waals surface area contributed by atoms with Gasteiger partial charge < -0.3 is 4.74 Å². The molecule has 3 aromatic rings. The Labute approximate surface area is 163 Å². The van der Waals surface area contributed by atoms with E-state index in [4.69, 9.17) is 4.74 Å². The first kappa shape index (κ1) is 19.7. The van der Waals surface area contributed by atoms with Crippen LogP contribution >= 0.6 is 11.3 Å². The SMILES string of the molecule is COCCN(Cc1ccc(C)cc1)Cc1cc(=O)n2nc(C(C)C)sc2n1. The molecule has 0 saturated heterocycles. The number of fused-ring (bicyclic) bond motifs is 1. The second-order valence-corrected chi connectivity index (χ2v) is 8.05. The van der Waals surface area contributed by atoms with Gasteiger partial charge in [-0.2, -0.15) is 9.61 Å². The van der Waals surface area contributed by atoms with Crippen LogP contribution in [0.3, 0.4) is 0 Å². The normalized spacial score (nSPS) is 11.8. The van der Waals surface area contributed by atoms with Crippen LogP contribution in [0.2, 0.25) is 0 Å². The first-order valence-corrected chi connectivity index (χ1v) is 9.94. The number of aryl methyl sites for hydroxylation is 1. The van der Waals surface area contributed by atoms with Crippen LogP contribution in [-0.2, 0) is 17.8 Å². The van der Waals surface area contributed by atoms with E-state index >= 15 is 0 Å². The van der Waals surface area contributed by atoms with E-state index < -0.39 is 0 Å². The summed E-state index contributed by atoms with van der Waals surface area (Å²) in [5.41, 5.74) is 3.12. The highest BCUT2D eigenvalue weighted by Crippen LogP contribution is 2.20. The highest BCUT2D eigenvalue weighted by molar-refractivity contribution is 7.16. The van der Waals surface area contributed by atoms with Gasteiger partial charge in [-0.1, -0.05) is 55.0 Å². The predicted molar refractivity (Wildman–Crippen MR) is 108 cm³/mol. The lowest BCUT2D eigenvalue weighted by molar-refractivity contribution is 0.139. The lowest BCUT2D eigenvalue weighted by Gasteiger charge is -2.21. The molecule has 0 atom stereocenters. The zero-order chi connectivity index (χ0) is 19.4. The Morgan fingerprint density at radius 3 is 2.63 bits per heavy atom. The van der Waals surface area contributed by atoms with Crippen molar-refractivity contribution in [3.05, 3.63) is 62.5 Å². The minimum atomic E-state index is -0.125. The monoisotopic (exact) mass is 386 g/mol. The second kappa shape index (κ2) is 8.73. The topological polar surface area (TPSA) is 59.7 Å². The molecule has 0 aliphatic rings. The summed E-state index contributed by atoms with van der Waals surface area (Å²) in [5.74, 6) is 0.277. The standard InChI is InChI=1S/C20H26N4O2S/c1-14(2)19-22-24-18(25)11-17(21-20(24)27-19)13-23(9-10-26-4)12-16-7-5-15(3)6-8-16/h5-8,11,14H,9-10,12-13H2,1-4H3. The fourth-order valence-electron chi connectivity index (χ4n) is 2.80. The van der Waals surface area contributed by atoms with Gasteiger partial charge in [-0.3, -0.25) is 9.69 Å². The van der Waals surface area contributed by atoms with E-state index in [-0.39, 0.29) is 11.5 Å². The van der Waals surface area contributed by atoms with E-state index in [1.165, 1.54) is 27.0 Å². The smallest absolute Gasteiger partial charge is 0.275 e. The van der Waals surface area contributed by atoms with E-state index in [1.807, 2.05) is 0 Å². The zero-order valence-corrected chi connectivity index (χ0v) is 17.1. The first-order valence-electron chi connectivity index (χ1n) is 9.13. The third kappa shape index (κ3) is 5.00. The van der Waals surface area contributed by atoms with Crippen LogP contribution in [0.15, 0.2) is 35.1 Å². The summed E-state index contributed by atoms with van der Waals surface area (Å²) in [7, 11) is 1.70. The summed E-state index contributed by atoms with van der Waals surface area (Å²) >= 11 is 1.48. The van der Waals surface area contributed by atoms with Crippen LogP contribution in [-0.4, -0.2) is 39.8 Å². The third-order valence-electron chi connectivity index (χ3n) is 4.33. The molecule has 6 nitrogen and oxygen atoms in total. The molecule has 0 fully saturated rings. The number of aromatic nitrogens is 3. The van der Waals surface area contributed by atoms with Gasteiger partial charge in [0.2, 0.25) is 4.96 Å². The molecular formula is C20H26N4O2S. The van der Waals surface area contributed by atoms with E-state index in [2.05, 4.69) is 60.0 Å². The molecule has 0 radical (unpaired) electrons. The fraction of sp³-hybridized carbons (Fsp3) is 0.450. The molecule has 1 aromatic carbocycles. The number of benzene rings is 1. The van der Waals surface area contributed by atoms with Crippen LogP contribution in [0, 0.1) is 6.92 Å². The minimum Gasteiger partial charge on any atom is -0.383 e. The molecule has 7 heteroatoms.